The molecule has 0 bridgehead atoms. The highest BCUT2D eigenvalue weighted by Gasteiger charge is 2.27. The molecule has 1 aromatic rings. The van der Waals surface area contributed by atoms with Crippen molar-refractivity contribution in [2.45, 2.75) is 19.5 Å². The highest BCUT2D eigenvalue weighted by atomic mass is 19.1. The number of hydrogen-bond acceptors (Lipinski definition) is 1. The number of nitrogens with two attached hydrogens (primary N) is 1. The Balaban J connectivity index is 3.20. The van der Waals surface area contributed by atoms with E-state index in [0.29, 0.717) is 0 Å². The Labute approximate surface area is 76.6 Å². The lowest BCUT2D eigenvalue weighted by Gasteiger charge is -2.19. The summed E-state index contributed by atoms with van der Waals surface area (Å²) in [5.41, 5.74) is 4.30. The van der Waals surface area contributed by atoms with Crippen molar-refractivity contribution < 1.29 is 8.78 Å². The van der Waals surface area contributed by atoms with Gasteiger partial charge in [-0.25, -0.2) is 8.78 Å². The van der Waals surface area contributed by atoms with E-state index in [-0.39, 0.29) is 12.1 Å². The minimum absolute atomic E-state index is 0.0370. The number of aryl methyl sites for hydroxylation is 1. The van der Waals surface area contributed by atoms with Crippen molar-refractivity contribution >= 4 is 0 Å². The van der Waals surface area contributed by atoms with Gasteiger partial charge in [-0.2, -0.15) is 0 Å². The molecule has 13 heavy (non-hydrogen) atoms. The molecule has 1 aromatic carbocycles. The van der Waals surface area contributed by atoms with E-state index in [1.54, 1.807) is 13.0 Å². The molecule has 1 rings (SSSR count). The van der Waals surface area contributed by atoms with Crippen LogP contribution in [0.2, 0.25) is 0 Å². The maximum atomic E-state index is 13.6. The van der Waals surface area contributed by atoms with E-state index in [0.717, 1.165) is 5.56 Å². The fourth-order valence-corrected chi connectivity index (χ4v) is 1.15. The monoisotopic (exact) mass is 185 g/mol. The van der Waals surface area contributed by atoms with Crippen LogP contribution in [0.1, 0.15) is 18.1 Å². The predicted octanol–water partition coefficient (Wildman–Crippen LogP) is 2.28. The second-order valence-corrected chi connectivity index (χ2v) is 3.38. The molecule has 0 fully saturated rings. The summed E-state index contributed by atoms with van der Waals surface area (Å²) in [5.74, 6) is -0.541. The average Bonchev–Trinajstić information content (AvgIpc) is 2.09. The van der Waals surface area contributed by atoms with Gasteiger partial charge in [0.2, 0.25) is 0 Å². The number of benzene rings is 1. The third-order valence-corrected chi connectivity index (χ3v) is 2.07. The Kier molecular flexibility index (Phi) is 2.66. The molecular formula is C10H13F2N. The minimum Gasteiger partial charge on any atom is -0.327 e. The first kappa shape index (κ1) is 10.1. The summed E-state index contributed by atoms with van der Waals surface area (Å²) < 4.78 is 26.8. The fourth-order valence-electron chi connectivity index (χ4n) is 1.15. The van der Waals surface area contributed by atoms with Crippen molar-refractivity contribution in [2.75, 3.05) is 6.54 Å². The molecule has 1 nitrogen and oxygen atoms in total. The van der Waals surface area contributed by atoms with E-state index in [4.69, 9.17) is 5.73 Å². The highest BCUT2D eigenvalue weighted by Crippen LogP contribution is 2.27. The normalized spacial score (nSPS) is 15.5. The molecule has 1 atom stereocenters. The molecule has 0 aliphatic heterocycles. The zero-order valence-corrected chi connectivity index (χ0v) is 7.77. The van der Waals surface area contributed by atoms with Crippen molar-refractivity contribution in [1.82, 2.24) is 0 Å². The molecule has 0 radical (unpaired) electrons. The number of rotatable bonds is 2. The van der Waals surface area contributed by atoms with Gasteiger partial charge in [0.15, 0.2) is 0 Å². The lowest BCUT2D eigenvalue weighted by Crippen LogP contribution is -2.27. The zero-order chi connectivity index (χ0) is 10.1. The average molecular weight is 185 g/mol. The van der Waals surface area contributed by atoms with Crippen LogP contribution in [-0.4, -0.2) is 6.54 Å². The van der Waals surface area contributed by atoms with Gasteiger partial charge in [-0.1, -0.05) is 11.6 Å². The van der Waals surface area contributed by atoms with E-state index in [1.807, 2.05) is 0 Å². The summed E-state index contributed by atoms with van der Waals surface area (Å²) in [6.45, 7) is 2.85. The molecular weight excluding hydrogens is 172 g/mol. The summed E-state index contributed by atoms with van der Waals surface area (Å²) in [5, 5.41) is 0. The fraction of sp³-hybridized carbons (Fsp3) is 0.400. The summed E-state index contributed by atoms with van der Waals surface area (Å²) in [6, 6.07) is 4.35. The van der Waals surface area contributed by atoms with Crippen LogP contribution in [0.15, 0.2) is 18.2 Å². The second kappa shape index (κ2) is 3.42. The van der Waals surface area contributed by atoms with E-state index in [1.165, 1.54) is 19.1 Å². The molecule has 0 saturated carbocycles. The zero-order valence-electron chi connectivity index (χ0n) is 7.77. The highest BCUT2D eigenvalue weighted by molar-refractivity contribution is 5.29. The Morgan fingerprint density at radius 1 is 1.46 bits per heavy atom. The molecule has 0 amide bonds. The summed E-state index contributed by atoms with van der Waals surface area (Å²) in [4.78, 5) is 0. The first-order chi connectivity index (χ1) is 5.97. The summed E-state index contributed by atoms with van der Waals surface area (Å²) in [6.07, 6.45) is 0. The molecule has 0 heterocycles. The van der Waals surface area contributed by atoms with E-state index < -0.39 is 11.5 Å². The SMILES string of the molecule is Cc1ccc(F)c(C(C)(F)CN)c1. The van der Waals surface area contributed by atoms with Gasteiger partial charge in [-0.15, -0.1) is 0 Å². The van der Waals surface area contributed by atoms with Crippen molar-refractivity contribution in [2.24, 2.45) is 5.73 Å². The third kappa shape index (κ3) is 2.04. The number of hydrogen-bond donors (Lipinski definition) is 1. The van der Waals surface area contributed by atoms with Crippen molar-refractivity contribution in [3.63, 3.8) is 0 Å². The van der Waals surface area contributed by atoms with Gasteiger partial charge >= 0.3 is 0 Å². The number of alkyl halides is 1. The molecule has 0 spiro atoms. The second-order valence-electron chi connectivity index (χ2n) is 3.38. The Morgan fingerprint density at radius 3 is 2.62 bits per heavy atom. The van der Waals surface area contributed by atoms with Gasteiger partial charge in [0.1, 0.15) is 11.5 Å². The van der Waals surface area contributed by atoms with Crippen LogP contribution >= 0.6 is 0 Å². The first-order valence-corrected chi connectivity index (χ1v) is 4.13. The lowest BCUT2D eigenvalue weighted by molar-refractivity contribution is 0.196. The van der Waals surface area contributed by atoms with E-state index in [9.17, 15) is 8.78 Å². The Hall–Kier alpha value is -0.960. The third-order valence-electron chi connectivity index (χ3n) is 2.07. The van der Waals surface area contributed by atoms with Crippen molar-refractivity contribution in [3.05, 3.63) is 35.1 Å². The van der Waals surface area contributed by atoms with Crippen LogP contribution in [0, 0.1) is 12.7 Å². The molecule has 0 aliphatic carbocycles. The van der Waals surface area contributed by atoms with Gasteiger partial charge in [0, 0.05) is 12.1 Å². The van der Waals surface area contributed by atoms with Crippen LogP contribution in [-0.2, 0) is 5.67 Å². The van der Waals surface area contributed by atoms with E-state index >= 15 is 0 Å². The molecule has 3 heteroatoms. The van der Waals surface area contributed by atoms with Crippen LogP contribution in [0.4, 0.5) is 8.78 Å². The predicted molar refractivity (Wildman–Crippen MR) is 48.7 cm³/mol. The molecule has 1 unspecified atom stereocenters. The van der Waals surface area contributed by atoms with Crippen LogP contribution in [0.25, 0.3) is 0 Å². The molecule has 0 aromatic heterocycles. The van der Waals surface area contributed by atoms with Crippen LogP contribution in [0.3, 0.4) is 0 Å². The van der Waals surface area contributed by atoms with Crippen LogP contribution < -0.4 is 5.73 Å². The lowest BCUT2D eigenvalue weighted by atomic mass is 9.96. The largest absolute Gasteiger partial charge is 0.327 e. The molecule has 2 N–H and O–H groups in total. The van der Waals surface area contributed by atoms with E-state index in [2.05, 4.69) is 0 Å². The van der Waals surface area contributed by atoms with Gasteiger partial charge in [-0.05, 0) is 26.0 Å². The van der Waals surface area contributed by atoms with Crippen molar-refractivity contribution in [3.8, 4) is 0 Å². The maximum Gasteiger partial charge on any atom is 0.148 e. The van der Waals surface area contributed by atoms with Gasteiger partial charge < -0.3 is 5.73 Å². The Bertz CT molecular complexity index is 308. The standard InChI is InChI=1S/C10H13F2N/c1-7-3-4-9(11)8(5-7)10(2,12)6-13/h3-5H,6,13H2,1-2H3. The quantitative estimate of drug-likeness (QED) is 0.751. The molecule has 0 saturated heterocycles. The van der Waals surface area contributed by atoms with Gasteiger partial charge in [0.05, 0.1) is 0 Å². The smallest absolute Gasteiger partial charge is 0.148 e. The minimum atomic E-state index is -1.78. The Morgan fingerprint density at radius 2 is 2.08 bits per heavy atom. The first-order valence-electron chi connectivity index (χ1n) is 4.13. The maximum absolute atomic E-state index is 13.6. The number of halogens is 2. The summed E-state index contributed by atoms with van der Waals surface area (Å²) in [7, 11) is 0. The van der Waals surface area contributed by atoms with Gasteiger partial charge in [-0.3, -0.25) is 0 Å². The molecule has 72 valence electrons. The topological polar surface area (TPSA) is 26.0 Å². The van der Waals surface area contributed by atoms with Gasteiger partial charge in [0.25, 0.3) is 0 Å². The summed E-state index contributed by atoms with van der Waals surface area (Å²) >= 11 is 0. The van der Waals surface area contributed by atoms with Crippen LogP contribution in [0.5, 0.6) is 0 Å². The molecule has 0 aliphatic rings. The van der Waals surface area contributed by atoms with Crippen molar-refractivity contribution in [1.29, 1.82) is 0 Å².